The number of benzene rings is 1. The summed E-state index contributed by atoms with van der Waals surface area (Å²) < 4.78 is 5.78. The molecule has 1 aliphatic carbocycles. The van der Waals surface area contributed by atoms with E-state index in [-0.39, 0.29) is 18.1 Å². The van der Waals surface area contributed by atoms with Gasteiger partial charge in [-0.3, -0.25) is 15.0 Å². The number of fused-ring (bicyclic) bond motifs is 1. The van der Waals surface area contributed by atoms with E-state index >= 15 is 0 Å². The molecule has 138 valence electrons. The van der Waals surface area contributed by atoms with Crippen molar-refractivity contribution in [2.24, 2.45) is 0 Å². The Bertz CT molecular complexity index is 794. The van der Waals surface area contributed by atoms with Crippen molar-refractivity contribution in [2.75, 3.05) is 18.4 Å². The molecule has 1 aliphatic heterocycles. The Kier molecular flexibility index (Phi) is 5.07. The zero-order chi connectivity index (χ0) is 18.1. The number of aromatic nitrogens is 1. The lowest BCUT2D eigenvalue weighted by Crippen LogP contribution is -2.44. The average molecular weight is 372 g/mol. The first-order valence-corrected chi connectivity index (χ1v) is 10.2. The van der Waals surface area contributed by atoms with E-state index < -0.39 is 0 Å². The first-order chi connectivity index (χ1) is 12.6. The van der Waals surface area contributed by atoms with Crippen LogP contribution >= 0.6 is 11.3 Å². The highest BCUT2D eigenvalue weighted by atomic mass is 32.1. The smallest absolute Gasteiger partial charge is 0.257 e. The molecule has 1 N–H and O–H groups in total. The molecule has 0 spiro atoms. The first-order valence-electron chi connectivity index (χ1n) is 9.32. The Morgan fingerprint density at radius 3 is 2.85 bits per heavy atom. The third-order valence-electron chi connectivity index (χ3n) is 5.01. The number of carbonyl (C=O) groups is 1. The van der Waals surface area contributed by atoms with Crippen LogP contribution in [0.1, 0.15) is 47.4 Å². The van der Waals surface area contributed by atoms with E-state index in [0.717, 1.165) is 43.7 Å². The van der Waals surface area contributed by atoms with Crippen LogP contribution in [0.4, 0.5) is 5.13 Å². The van der Waals surface area contributed by atoms with E-state index in [9.17, 15) is 4.79 Å². The van der Waals surface area contributed by atoms with Crippen LogP contribution in [0.5, 0.6) is 0 Å². The molecule has 1 aromatic carbocycles. The van der Waals surface area contributed by atoms with Crippen molar-refractivity contribution >= 4 is 22.4 Å². The largest absolute Gasteiger partial charge is 0.373 e. The minimum atomic E-state index is -0.0748. The molecule has 5 nitrogen and oxygen atoms in total. The van der Waals surface area contributed by atoms with Gasteiger partial charge in [-0.15, -0.1) is 11.3 Å². The van der Waals surface area contributed by atoms with E-state index in [1.165, 1.54) is 28.9 Å². The maximum Gasteiger partial charge on any atom is 0.257 e. The molecule has 1 amide bonds. The second-order valence-electron chi connectivity index (χ2n) is 7.39. The Morgan fingerprint density at radius 1 is 1.27 bits per heavy atom. The minimum absolute atomic E-state index is 0.0748. The Morgan fingerprint density at radius 2 is 2.04 bits per heavy atom. The van der Waals surface area contributed by atoms with Crippen molar-refractivity contribution in [1.29, 1.82) is 0 Å². The molecule has 0 radical (unpaired) electrons. The van der Waals surface area contributed by atoms with Gasteiger partial charge in [0.05, 0.1) is 17.9 Å². The Labute approximate surface area is 158 Å². The molecular formula is C20H25N3O2S. The molecule has 2 aliphatic rings. The van der Waals surface area contributed by atoms with E-state index in [1.54, 1.807) is 0 Å². The standard InChI is InChI=1S/C20H25N3O2S/c1-13-9-23(10-14(2)25-13)11-18-12-26-20(21-18)22-19(24)17-7-6-15-4-3-5-16(15)8-17/h6-8,12-14H,3-5,9-11H2,1-2H3,(H,21,22,24). The quantitative estimate of drug-likeness (QED) is 0.894. The zero-order valence-electron chi connectivity index (χ0n) is 15.3. The van der Waals surface area contributed by atoms with Gasteiger partial charge < -0.3 is 4.74 Å². The highest BCUT2D eigenvalue weighted by molar-refractivity contribution is 7.13. The minimum Gasteiger partial charge on any atom is -0.373 e. The van der Waals surface area contributed by atoms with Crippen LogP contribution in [0.25, 0.3) is 0 Å². The topological polar surface area (TPSA) is 54.5 Å². The fourth-order valence-corrected chi connectivity index (χ4v) is 4.66. The monoisotopic (exact) mass is 371 g/mol. The van der Waals surface area contributed by atoms with Crippen LogP contribution in [-0.4, -0.2) is 41.1 Å². The van der Waals surface area contributed by atoms with Gasteiger partial charge in [0.15, 0.2) is 5.13 Å². The number of ether oxygens (including phenoxy) is 1. The zero-order valence-corrected chi connectivity index (χ0v) is 16.1. The van der Waals surface area contributed by atoms with E-state index in [2.05, 4.69) is 35.1 Å². The number of amides is 1. The predicted octanol–water partition coefficient (Wildman–Crippen LogP) is 3.49. The number of anilines is 1. The van der Waals surface area contributed by atoms with Crippen LogP contribution in [0.15, 0.2) is 23.6 Å². The second kappa shape index (κ2) is 7.47. The average Bonchev–Trinajstić information content (AvgIpc) is 3.22. The molecule has 2 heterocycles. The van der Waals surface area contributed by atoms with Gasteiger partial charge in [-0.25, -0.2) is 4.98 Å². The lowest BCUT2D eigenvalue weighted by Gasteiger charge is -2.34. The molecular weight excluding hydrogens is 346 g/mol. The van der Waals surface area contributed by atoms with Crippen molar-refractivity contribution < 1.29 is 9.53 Å². The maximum atomic E-state index is 12.5. The lowest BCUT2D eigenvalue weighted by atomic mass is 10.1. The molecule has 26 heavy (non-hydrogen) atoms. The summed E-state index contributed by atoms with van der Waals surface area (Å²) in [6.45, 7) is 6.83. The molecule has 2 aromatic rings. The van der Waals surface area contributed by atoms with Gasteiger partial charge in [-0.2, -0.15) is 0 Å². The van der Waals surface area contributed by atoms with E-state index in [0.29, 0.717) is 5.13 Å². The number of morpholine rings is 1. The van der Waals surface area contributed by atoms with E-state index in [1.807, 2.05) is 17.5 Å². The molecule has 2 atom stereocenters. The lowest BCUT2D eigenvalue weighted by molar-refractivity contribution is -0.0707. The molecule has 6 heteroatoms. The highest BCUT2D eigenvalue weighted by Gasteiger charge is 2.23. The number of carbonyl (C=O) groups excluding carboxylic acids is 1. The second-order valence-corrected chi connectivity index (χ2v) is 8.24. The van der Waals surface area contributed by atoms with Gasteiger partial charge in [0.2, 0.25) is 0 Å². The van der Waals surface area contributed by atoms with Crippen molar-refractivity contribution in [3.8, 4) is 0 Å². The molecule has 1 aromatic heterocycles. The molecule has 2 unspecified atom stereocenters. The number of hydrogen-bond acceptors (Lipinski definition) is 5. The SMILES string of the molecule is CC1CN(Cc2csc(NC(=O)c3ccc4c(c3)CCC4)n2)CC(C)O1. The summed E-state index contributed by atoms with van der Waals surface area (Å²) >= 11 is 1.49. The molecule has 0 bridgehead atoms. The van der Waals surface area contributed by atoms with Gasteiger partial charge in [0.25, 0.3) is 5.91 Å². The van der Waals surface area contributed by atoms with Crippen LogP contribution in [0.3, 0.4) is 0 Å². The summed E-state index contributed by atoms with van der Waals surface area (Å²) in [4.78, 5) is 19.5. The highest BCUT2D eigenvalue weighted by Crippen LogP contribution is 2.24. The van der Waals surface area contributed by atoms with Gasteiger partial charge in [0, 0.05) is 30.6 Å². The number of nitrogens with one attached hydrogen (secondary N) is 1. The number of hydrogen-bond donors (Lipinski definition) is 1. The Balaban J connectivity index is 1.38. The summed E-state index contributed by atoms with van der Waals surface area (Å²) in [5.41, 5.74) is 4.42. The van der Waals surface area contributed by atoms with Gasteiger partial charge in [0.1, 0.15) is 0 Å². The fraction of sp³-hybridized carbons (Fsp3) is 0.500. The molecule has 1 saturated heterocycles. The van der Waals surface area contributed by atoms with Crippen LogP contribution in [0.2, 0.25) is 0 Å². The van der Waals surface area contributed by atoms with Gasteiger partial charge in [-0.1, -0.05) is 6.07 Å². The normalized spacial score (nSPS) is 23.0. The van der Waals surface area contributed by atoms with Crippen molar-refractivity contribution in [1.82, 2.24) is 9.88 Å². The van der Waals surface area contributed by atoms with Crippen molar-refractivity contribution in [3.05, 3.63) is 46.0 Å². The van der Waals surface area contributed by atoms with Crippen LogP contribution in [0, 0.1) is 0 Å². The number of thiazole rings is 1. The predicted molar refractivity (Wildman–Crippen MR) is 104 cm³/mol. The van der Waals surface area contributed by atoms with Crippen LogP contribution < -0.4 is 5.32 Å². The van der Waals surface area contributed by atoms with Crippen molar-refractivity contribution in [2.45, 2.75) is 51.9 Å². The van der Waals surface area contributed by atoms with Gasteiger partial charge in [-0.05, 0) is 56.4 Å². The third-order valence-corrected chi connectivity index (χ3v) is 5.82. The summed E-state index contributed by atoms with van der Waals surface area (Å²) in [6, 6.07) is 6.04. The van der Waals surface area contributed by atoms with Gasteiger partial charge >= 0.3 is 0 Å². The first kappa shape index (κ1) is 17.6. The number of nitrogens with zero attached hydrogens (tertiary/aromatic N) is 2. The Hall–Kier alpha value is -1.76. The summed E-state index contributed by atoms with van der Waals surface area (Å²) in [5.74, 6) is -0.0748. The van der Waals surface area contributed by atoms with E-state index in [4.69, 9.17) is 4.74 Å². The third kappa shape index (κ3) is 3.98. The summed E-state index contributed by atoms with van der Waals surface area (Å²) in [6.07, 6.45) is 3.89. The summed E-state index contributed by atoms with van der Waals surface area (Å²) in [5, 5.41) is 5.65. The number of rotatable bonds is 4. The van der Waals surface area contributed by atoms with Crippen molar-refractivity contribution in [3.63, 3.8) is 0 Å². The summed E-state index contributed by atoms with van der Waals surface area (Å²) in [7, 11) is 0. The van der Waals surface area contributed by atoms with Crippen LogP contribution in [-0.2, 0) is 24.1 Å². The molecule has 1 fully saturated rings. The molecule has 0 saturated carbocycles. The molecule has 4 rings (SSSR count). The number of aryl methyl sites for hydroxylation is 2. The fourth-order valence-electron chi connectivity index (χ4n) is 3.96. The maximum absolute atomic E-state index is 12.5.